The molecule has 6 nitrogen and oxygen atoms in total. The summed E-state index contributed by atoms with van der Waals surface area (Å²) in [5.41, 5.74) is 2.04. The highest BCUT2D eigenvalue weighted by atomic mass is 32.2. The van der Waals surface area contributed by atoms with Gasteiger partial charge in [-0.1, -0.05) is 18.2 Å². The SMILES string of the molecule is COc1cccc(/C=C/C(=O)Nc2cc(S(=O)(=O)N(C)C)ccc2C)c1. The summed E-state index contributed by atoms with van der Waals surface area (Å²) < 4.78 is 30.8. The molecule has 138 valence electrons. The van der Waals surface area contributed by atoms with Gasteiger partial charge in [0.2, 0.25) is 15.9 Å². The lowest BCUT2D eigenvalue weighted by Crippen LogP contribution is -2.22. The Kier molecular flexibility index (Phi) is 6.18. The maximum absolute atomic E-state index is 12.2. The molecule has 0 spiro atoms. The fourth-order valence-electron chi connectivity index (χ4n) is 2.20. The third-order valence-corrected chi connectivity index (χ3v) is 5.58. The second-order valence-electron chi connectivity index (χ2n) is 5.86. The maximum Gasteiger partial charge on any atom is 0.248 e. The van der Waals surface area contributed by atoms with E-state index in [1.807, 2.05) is 18.2 Å². The number of nitrogens with one attached hydrogen (secondary N) is 1. The van der Waals surface area contributed by atoms with Gasteiger partial charge in [-0.2, -0.15) is 0 Å². The Hall–Kier alpha value is -2.64. The van der Waals surface area contributed by atoms with Gasteiger partial charge in [0.1, 0.15) is 5.75 Å². The predicted molar refractivity (Wildman–Crippen MR) is 103 cm³/mol. The molecule has 0 radical (unpaired) electrons. The third kappa shape index (κ3) is 4.71. The summed E-state index contributed by atoms with van der Waals surface area (Å²) in [6.07, 6.45) is 3.05. The van der Waals surface area contributed by atoms with Crippen LogP contribution in [0.5, 0.6) is 5.75 Å². The van der Waals surface area contributed by atoms with E-state index in [0.29, 0.717) is 11.4 Å². The van der Waals surface area contributed by atoms with Gasteiger partial charge in [0.15, 0.2) is 0 Å². The summed E-state index contributed by atoms with van der Waals surface area (Å²) in [6.45, 7) is 1.80. The van der Waals surface area contributed by atoms with Crippen LogP contribution in [-0.2, 0) is 14.8 Å². The average Bonchev–Trinajstić information content (AvgIpc) is 2.61. The molecule has 0 bridgehead atoms. The van der Waals surface area contributed by atoms with Crippen molar-refractivity contribution in [1.29, 1.82) is 0 Å². The minimum absolute atomic E-state index is 0.125. The van der Waals surface area contributed by atoms with Crippen LogP contribution >= 0.6 is 0 Å². The number of rotatable bonds is 6. The Balaban J connectivity index is 2.19. The largest absolute Gasteiger partial charge is 0.497 e. The lowest BCUT2D eigenvalue weighted by Gasteiger charge is -2.14. The van der Waals surface area contributed by atoms with Gasteiger partial charge >= 0.3 is 0 Å². The molecule has 2 aromatic carbocycles. The van der Waals surface area contributed by atoms with E-state index in [-0.39, 0.29) is 10.8 Å². The summed E-state index contributed by atoms with van der Waals surface area (Å²) in [5, 5.41) is 2.72. The highest BCUT2D eigenvalue weighted by molar-refractivity contribution is 7.89. The van der Waals surface area contributed by atoms with Crippen LogP contribution in [-0.4, -0.2) is 39.8 Å². The first-order chi connectivity index (χ1) is 12.2. The fraction of sp³-hybridized carbons (Fsp3) is 0.211. The molecule has 0 saturated heterocycles. The van der Waals surface area contributed by atoms with Crippen molar-refractivity contribution >= 4 is 27.7 Å². The number of aryl methyl sites for hydroxylation is 1. The van der Waals surface area contributed by atoms with Gasteiger partial charge in [-0.3, -0.25) is 4.79 Å². The molecule has 0 aliphatic heterocycles. The van der Waals surface area contributed by atoms with Crippen LogP contribution in [0.25, 0.3) is 6.08 Å². The molecule has 0 aliphatic rings. The summed E-state index contributed by atoms with van der Waals surface area (Å²) in [4.78, 5) is 12.3. The Morgan fingerprint density at radius 2 is 1.88 bits per heavy atom. The number of methoxy groups -OCH3 is 1. The monoisotopic (exact) mass is 374 g/mol. The van der Waals surface area contributed by atoms with Crippen LogP contribution in [0.15, 0.2) is 53.4 Å². The van der Waals surface area contributed by atoms with E-state index in [1.165, 1.54) is 32.3 Å². The van der Waals surface area contributed by atoms with Crippen LogP contribution in [0.4, 0.5) is 5.69 Å². The number of carbonyl (C=O) groups excluding carboxylic acids is 1. The molecule has 1 amide bonds. The number of benzene rings is 2. The van der Waals surface area contributed by atoms with Crippen LogP contribution in [0.1, 0.15) is 11.1 Å². The van der Waals surface area contributed by atoms with Crippen molar-refractivity contribution < 1.29 is 17.9 Å². The minimum Gasteiger partial charge on any atom is -0.497 e. The van der Waals surface area contributed by atoms with Crippen LogP contribution in [0.3, 0.4) is 0 Å². The lowest BCUT2D eigenvalue weighted by atomic mass is 10.2. The Labute approximate surface area is 154 Å². The molecule has 0 aliphatic carbocycles. The van der Waals surface area contributed by atoms with Crippen LogP contribution in [0, 0.1) is 6.92 Å². The fourth-order valence-corrected chi connectivity index (χ4v) is 3.13. The van der Waals surface area contributed by atoms with Crippen LogP contribution < -0.4 is 10.1 Å². The van der Waals surface area contributed by atoms with Crippen molar-refractivity contribution in [2.45, 2.75) is 11.8 Å². The Morgan fingerprint density at radius 1 is 1.15 bits per heavy atom. The minimum atomic E-state index is -3.56. The second kappa shape index (κ2) is 8.16. The van der Waals surface area contributed by atoms with E-state index in [0.717, 1.165) is 15.4 Å². The number of hydrogen-bond acceptors (Lipinski definition) is 4. The van der Waals surface area contributed by atoms with Gasteiger partial charge in [-0.05, 0) is 48.4 Å². The zero-order chi connectivity index (χ0) is 19.3. The molecular weight excluding hydrogens is 352 g/mol. The number of ether oxygens (including phenoxy) is 1. The topological polar surface area (TPSA) is 75.7 Å². The third-order valence-electron chi connectivity index (χ3n) is 3.77. The summed E-state index contributed by atoms with van der Waals surface area (Å²) in [7, 11) is 0.937. The number of sulfonamides is 1. The summed E-state index contributed by atoms with van der Waals surface area (Å²) >= 11 is 0. The van der Waals surface area contributed by atoms with Crippen molar-refractivity contribution in [1.82, 2.24) is 4.31 Å². The van der Waals surface area contributed by atoms with E-state index in [4.69, 9.17) is 4.74 Å². The molecular formula is C19H22N2O4S. The van der Waals surface area contributed by atoms with Gasteiger partial charge in [0.05, 0.1) is 12.0 Å². The van der Waals surface area contributed by atoms with Gasteiger partial charge in [-0.25, -0.2) is 12.7 Å². The first-order valence-corrected chi connectivity index (χ1v) is 9.34. The van der Waals surface area contributed by atoms with Crippen molar-refractivity contribution in [2.24, 2.45) is 0 Å². The zero-order valence-corrected chi connectivity index (χ0v) is 16.0. The number of anilines is 1. The second-order valence-corrected chi connectivity index (χ2v) is 8.02. The van der Waals surface area contributed by atoms with E-state index < -0.39 is 10.0 Å². The van der Waals surface area contributed by atoms with Gasteiger partial charge < -0.3 is 10.1 Å². The van der Waals surface area contributed by atoms with Crippen molar-refractivity contribution in [3.8, 4) is 5.75 Å². The normalized spacial score (nSPS) is 11.7. The number of amides is 1. The zero-order valence-electron chi connectivity index (χ0n) is 15.2. The maximum atomic E-state index is 12.2. The van der Waals surface area contributed by atoms with Gasteiger partial charge in [0.25, 0.3) is 0 Å². The molecule has 1 N–H and O–H groups in total. The number of hydrogen-bond donors (Lipinski definition) is 1. The predicted octanol–water partition coefficient (Wildman–Crippen LogP) is 2.91. The first-order valence-electron chi connectivity index (χ1n) is 7.90. The van der Waals surface area contributed by atoms with E-state index in [1.54, 1.807) is 32.2 Å². The standard InChI is InChI=1S/C19H22N2O4S/c1-14-8-10-17(26(23,24)21(2)3)13-18(14)20-19(22)11-9-15-6-5-7-16(12-15)25-4/h5-13H,1-4H3,(H,20,22)/b11-9+. The molecule has 0 fully saturated rings. The quantitative estimate of drug-likeness (QED) is 0.789. The lowest BCUT2D eigenvalue weighted by molar-refractivity contribution is -0.111. The number of nitrogens with zero attached hydrogens (tertiary/aromatic N) is 1. The molecule has 7 heteroatoms. The summed E-state index contributed by atoms with van der Waals surface area (Å²) in [6, 6.07) is 11.9. The molecule has 0 aromatic heterocycles. The molecule has 0 atom stereocenters. The average molecular weight is 374 g/mol. The van der Waals surface area contributed by atoms with Crippen molar-refractivity contribution in [2.75, 3.05) is 26.5 Å². The molecule has 0 heterocycles. The smallest absolute Gasteiger partial charge is 0.248 e. The van der Waals surface area contributed by atoms with Crippen molar-refractivity contribution in [3.63, 3.8) is 0 Å². The molecule has 26 heavy (non-hydrogen) atoms. The first kappa shape index (κ1) is 19.7. The van der Waals surface area contributed by atoms with Crippen LogP contribution in [0.2, 0.25) is 0 Å². The molecule has 2 aromatic rings. The van der Waals surface area contributed by atoms with Gasteiger partial charge in [0, 0.05) is 25.9 Å². The number of carbonyl (C=O) groups is 1. The Morgan fingerprint density at radius 3 is 2.54 bits per heavy atom. The van der Waals surface area contributed by atoms with E-state index >= 15 is 0 Å². The Bertz CT molecular complexity index is 934. The molecule has 0 unspecified atom stereocenters. The van der Waals surface area contributed by atoms with Gasteiger partial charge in [-0.15, -0.1) is 0 Å². The highest BCUT2D eigenvalue weighted by Gasteiger charge is 2.18. The molecule has 0 saturated carbocycles. The van der Waals surface area contributed by atoms with E-state index in [2.05, 4.69) is 5.32 Å². The highest BCUT2D eigenvalue weighted by Crippen LogP contribution is 2.22. The summed E-state index contributed by atoms with van der Waals surface area (Å²) in [5.74, 6) is 0.348. The van der Waals surface area contributed by atoms with Crippen molar-refractivity contribution in [3.05, 3.63) is 59.7 Å². The van der Waals surface area contributed by atoms with E-state index in [9.17, 15) is 13.2 Å². The molecule has 2 rings (SSSR count).